The van der Waals surface area contributed by atoms with Crippen LogP contribution in [-0.4, -0.2) is 8.07 Å². The fraction of sp³-hybridized carbons (Fsp3) is 0.155. The number of fused-ring (bicyclic) bond motifs is 2. The number of para-hydroxylation sites is 1. The van der Waals surface area contributed by atoms with E-state index in [1.165, 1.54) is 91.9 Å². The van der Waals surface area contributed by atoms with Crippen molar-refractivity contribution in [1.82, 2.24) is 0 Å². The lowest BCUT2D eigenvalue weighted by atomic mass is 9.38. The molecule has 0 heterocycles. The highest BCUT2D eigenvalue weighted by molar-refractivity contribution is 7.19. The Bertz CT molecular complexity index is 3380. The van der Waals surface area contributed by atoms with E-state index in [-0.39, 0.29) is 5.41 Å². The van der Waals surface area contributed by atoms with Crippen LogP contribution in [0, 0.1) is 23.7 Å². The van der Waals surface area contributed by atoms with Crippen LogP contribution in [0.2, 0.25) is 0 Å². The van der Waals surface area contributed by atoms with Crippen LogP contribution in [0.25, 0.3) is 11.1 Å². The van der Waals surface area contributed by atoms with Gasteiger partial charge >= 0.3 is 0 Å². The number of benzene rings is 10. The summed E-state index contributed by atoms with van der Waals surface area (Å²) in [5.74, 6) is 2.91. The lowest BCUT2D eigenvalue weighted by molar-refractivity contribution is -0.0440. The minimum Gasteiger partial charge on any atom is -0.310 e. The predicted octanol–water partition coefficient (Wildman–Crippen LogP) is 14.6. The highest BCUT2D eigenvalue weighted by Crippen LogP contribution is 2.70. The number of nitrogens with zero attached hydrogens (tertiary/aromatic N) is 1. The Balaban J connectivity index is 0.918. The molecule has 15 rings (SSSR count). The maximum absolute atomic E-state index is 2.68. The Hall–Kier alpha value is -7.78. The van der Waals surface area contributed by atoms with Crippen LogP contribution in [0.4, 0.5) is 17.1 Å². The fourth-order valence-corrected chi connectivity index (χ4v) is 20.3. The smallest absolute Gasteiger partial charge is 0.179 e. The molecule has 10 aromatic carbocycles. The van der Waals surface area contributed by atoms with Crippen LogP contribution in [0.5, 0.6) is 0 Å². The van der Waals surface area contributed by atoms with Crippen molar-refractivity contribution >= 4 is 45.9 Å². The van der Waals surface area contributed by atoms with Gasteiger partial charge in [-0.1, -0.05) is 237 Å². The van der Waals surface area contributed by atoms with Crippen molar-refractivity contribution < 1.29 is 0 Å². The second-order valence-corrected chi connectivity index (χ2v) is 25.4. The Morgan fingerprint density at radius 3 is 1.16 bits per heavy atom. The first-order chi connectivity index (χ1) is 36.2. The zero-order valence-electron chi connectivity index (χ0n) is 41.3. The summed E-state index contributed by atoms with van der Waals surface area (Å²) in [6.07, 6.45) is 6.73. The van der Waals surface area contributed by atoms with Gasteiger partial charge in [0.15, 0.2) is 8.07 Å². The molecule has 2 heteroatoms. The molecule has 0 aliphatic heterocycles. The topological polar surface area (TPSA) is 3.24 Å². The standard InChI is InChI=1S/C71H59NSi/c1-7-21-55(22-8-1)70(56-23-9-2-10-24-56)66-33-19-20-34-67(66)71(57-46-51-45-52(48-57)49-58(71)47-51)69-50-61(41-44-68(69)70)72(59-25-11-3-12-26-59)60-39-35-53(36-40-60)54-37-42-65(43-38-54)73(62-27-13-4-14-28-62,63-29-15-5-16-30-63)64-31-17-6-18-32-64/h1-44,50-52,57-58H,45-49H2. The molecule has 0 unspecified atom stereocenters. The predicted molar refractivity (Wildman–Crippen MR) is 306 cm³/mol. The zero-order chi connectivity index (χ0) is 48.4. The second-order valence-electron chi connectivity index (χ2n) is 21.6. The second kappa shape index (κ2) is 17.8. The molecular formula is C71H59NSi. The molecule has 73 heavy (non-hydrogen) atoms. The van der Waals surface area contributed by atoms with Crippen molar-refractivity contribution in [2.75, 3.05) is 4.90 Å². The summed E-state index contributed by atoms with van der Waals surface area (Å²) in [5.41, 5.74) is 14.1. The Morgan fingerprint density at radius 2 is 0.671 bits per heavy atom. The monoisotopic (exact) mass is 953 g/mol. The summed E-state index contributed by atoms with van der Waals surface area (Å²) in [6.45, 7) is 0. The van der Waals surface area contributed by atoms with Crippen molar-refractivity contribution in [1.29, 1.82) is 0 Å². The van der Waals surface area contributed by atoms with E-state index < -0.39 is 13.5 Å². The molecule has 10 aromatic rings. The summed E-state index contributed by atoms with van der Waals surface area (Å²) in [5, 5.41) is 5.54. The fourth-order valence-electron chi connectivity index (χ4n) is 15.6. The van der Waals surface area contributed by atoms with E-state index in [1.807, 2.05) is 0 Å². The van der Waals surface area contributed by atoms with Crippen LogP contribution in [0.1, 0.15) is 65.5 Å². The molecule has 1 spiro atoms. The molecule has 5 aliphatic rings. The van der Waals surface area contributed by atoms with E-state index in [2.05, 4.69) is 278 Å². The van der Waals surface area contributed by atoms with Gasteiger partial charge in [-0.05, 0) is 157 Å². The zero-order valence-corrected chi connectivity index (χ0v) is 42.3. The first-order valence-corrected chi connectivity index (χ1v) is 28.8. The van der Waals surface area contributed by atoms with Gasteiger partial charge in [-0.15, -0.1) is 0 Å². The van der Waals surface area contributed by atoms with Crippen LogP contribution in [-0.2, 0) is 10.8 Å². The van der Waals surface area contributed by atoms with E-state index in [0.717, 1.165) is 23.2 Å². The molecule has 4 fully saturated rings. The molecule has 0 N–H and O–H groups in total. The van der Waals surface area contributed by atoms with Crippen molar-refractivity contribution in [3.63, 3.8) is 0 Å². The van der Waals surface area contributed by atoms with Crippen LogP contribution < -0.4 is 25.6 Å². The van der Waals surface area contributed by atoms with Crippen molar-refractivity contribution in [3.05, 3.63) is 306 Å². The summed E-state index contributed by atoms with van der Waals surface area (Å²) < 4.78 is 0. The molecule has 4 saturated carbocycles. The molecule has 1 nitrogen and oxygen atoms in total. The summed E-state index contributed by atoms with van der Waals surface area (Å²) in [4.78, 5) is 2.52. The molecule has 5 aliphatic carbocycles. The maximum atomic E-state index is 2.68. The third-order valence-corrected chi connectivity index (χ3v) is 22.9. The maximum Gasteiger partial charge on any atom is 0.179 e. The molecular weight excluding hydrogens is 895 g/mol. The van der Waals surface area contributed by atoms with E-state index in [1.54, 1.807) is 11.1 Å². The van der Waals surface area contributed by atoms with E-state index >= 15 is 0 Å². The Kier molecular flexibility index (Phi) is 10.7. The van der Waals surface area contributed by atoms with Gasteiger partial charge in [0.25, 0.3) is 0 Å². The van der Waals surface area contributed by atoms with E-state index in [9.17, 15) is 0 Å². The van der Waals surface area contributed by atoms with Crippen LogP contribution in [0.15, 0.2) is 273 Å². The van der Waals surface area contributed by atoms with E-state index in [4.69, 9.17) is 0 Å². The lowest BCUT2D eigenvalue weighted by Gasteiger charge is -2.65. The Labute approximate surface area is 432 Å². The SMILES string of the molecule is c1ccc(N(c2ccc(-c3ccc([Si](c4ccccc4)(c4ccccc4)c4ccccc4)cc3)cc2)c2ccc3c(c2)C2(c4ccccc4C3(c3ccccc3)c3ccccc3)C3CC4CC(C3)CC2C4)cc1. The summed E-state index contributed by atoms with van der Waals surface area (Å²) in [7, 11) is -2.63. The molecule has 0 radical (unpaired) electrons. The van der Waals surface area contributed by atoms with Crippen molar-refractivity contribution in [3.8, 4) is 11.1 Å². The molecule has 4 bridgehead atoms. The third-order valence-electron chi connectivity index (χ3n) is 18.1. The molecule has 0 saturated heterocycles. The highest BCUT2D eigenvalue weighted by Gasteiger charge is 2.63. The van der Waals surface area contributed by atoms with Crippen molar-refractivity contribution in [2.24, 2.45) is 23.7 Å². The third kappa shape index (κ3) is 6.73. The summed E-state index contributed by atoms with van der Waals surface area (Å²) in [6, 6.07) is 104. The summed E-state index contributed by atoms with van der Waals surface area (Å²) >= 11 is 0. The van der Waals surface area contributed by atoms with E-state index in [0.29, 0.717) is 11.8 Å². The van der Waals surface area contributed by atoms with Crippen LogP contribution in [0.3, 0.4) is 0 Å². The van der Waals surface area contributed by atoms with Gasteiger partial charge in [-0.3, -0.25) is 0 Å². The highest BCUT2D eigenvalue weighted by atomic mass is 28.3. The van der Waals surface area contributed by atoms with Gasteiger partial charge < -0.3 is 4.90 Å². The first kappa shape index (κ1) is 44.0. The largest absolute Gasteiger partial charge is 0.310 e. The normalized spacial score (nSPS) is 21.0. The average molecular weight is 954 g/mol. The minimum atomic E-state index is -2.63. The first-order valence-electron chi connectivity index (χ1n) is 26.8. The van der Waals surface area contributed by atoms with Gasteiger partial charge in [-0.25, -0.2) is 0 Å². The van der Waals surface area contributed by atoms with Gasteiger partial charge in [0.1, 0.15) is 0 Å². The average Bonchev–Trinajstić information content (AvgIpc) is 3.47. The number of hydrogen-bond acceptors (Lipinski definition) is 1. The number of hydrogen-bond donors (Lipinski definition) is 0. The van der Waals surface area contributed by atoms with Gasteiger partial charge in [-0.2, -0.15) is 0 Å². The molecule has 352 valence electrons. The number of anilines is 3. The molecule has 0 amide bonds. The van der Waals surface area contributed by atoms with Crippen LogP contribution >= 0.6 is 0 Å². The Morgan fingerprint density at radius 1 is 0.301 bits per heavy atom. The van der Waals surface area contributed by atoms with Gasteiger partial charge in [0, 0.05) is 22.5 Å². The molecule has 0 atom stereocenters. The number of rotatable bonds is 10. The lowest BCUT2D eigenvalue weighted by Crippen LogP contribution is -2.74. The van der Waals surface area contributed by atoms with Crippen molar-refractivity contribution in [2.45, 2.75) is 42.9 Å². The minimum absolute atomic E-state index is 0.0667. The van der Waals surface area contributed by atoms with Gasteiger partial charge in [0.2, 0.25) is 0 Å². The quantitative estimate of drug-likeness (QED) is 0.0975. The van der Waals surface area contributed by atoms with Gasteiger partial charge in [0.05, 0.1) is 5.41 Å². The molecule has 0 aromatic heterocycles.